The first-order chi connectivity index (χ1) is 15.2. The third kappa shape index (κ3) is 4.50. The summed E-state index contributed by atoms with van der Waals surface area (Å²) in [5, 5.41) is 3.74. The number of ether oxygens (including phenoxy) is 1. The van der Waals surface area contributed by atoms with Crippen molar-refractivity contribution in [3.05, 3.63) is 114 Å². The monoisotopic (exact) mass is 464 g/mol. The number of aryl methyl sites for hydroxylation is 1. The van der Waals surface area contributed by atoms with Crippen molar-refractivity contribution >= 4 is 29.1 Å². The molecular weight excluding hydrogens is 439 g/mol. The van der Waals surface area contributed by atoms with Gasteiger partial charge in [0, 0.05) is 5.56 Å². The summed E-state index contributed by atoms with van der Waals surface area (Å²) in [7, 11) is -2.15. The van der Waals surface area contributed by atoms with E-state index in [0.717, 1.165) is 5.56 Å². The van der Waals surface area contributed by atoms with Crippen LogP contribution in [0.15, 0.2) is 102 Å². The molecule has 0 spiro atoms. The Balaban J connectivity index is 0.00000289. The highest BCUT2D eigenvalue weighted by atomic mass is 35.5. The molecule has 164 valence electrons. The largest absolute Gasteiger partial charge is 1.00 e. The first-order valence-electron chi connectivity index (χ1n) is 10.5. The number of furan rings is 1. The minimum atomic E-state index is -2.15. The Bertz CT molecular complexity index is 1040. The van der Waals surface area contributed by atoms with Gasteiger partial charge in [0.2, 0.25) is 0 Å². The number of esters is 1. The molecule has 1 heterocycles. The molecule has 0 aliphatic heterocycles. The molecule has 0 fully saturated rings. The molecule has 0 unspecified atom stereocenters. The molecule has 0 aliphatic rings. The molecule has 4 rings (SSSR count). The van der Waals surface area contributed by atoms with Gasteiger partial charge < -0.3 is 21.6 Å². The van der Waals surface area contributed by atoms with Crippen LogP contribution in [0.25, 0.3) is 0 Å². The third-order valence-corrected chi connectivity index (χ3v) is 9.80. The van der Waals surface area contributed by atoms with Crippen molar-refractivity contribution in [2.75, 3.05) is 6.61 Å². The molecule has 0 saturated carbocycles. The summed E-state index contributed by atoms with van der Waals surface area (Å²) in [5.41, 5.74) is 1.36. The van der Waals surface area contributed by atoms with Crippen LogP contribution in [0.3, 0.4) is 0 Å². The maximum Gasteiger partial charge on any atom is 0.342 e. The summed E-state index contributed by atoms with van der Waals surface area (Å²) in [6.45, 7) is 4.05. The number of halogens is 1. The van der Waals surface area contributed by atoms with E-state index in [-0.39, 0.29) is 18.4 Å². The standard InChI is InChI=1S/C27H26O3P.ClH/c1-3-29-27(28)26-21(2)19-30-25(26)20-31(22-13-7-4-8-14-22,23-15-9-5-10-16-23)24-17-11-6-12-18-24;/h4-19H,3,20H2,1-2H3;1H/q+1;/p-1. The summed E-state index contributed by atoms with van der Waals surface area (Å²) in [6, 6.07) is 31.7. The van der Waals surface area contributed by atoms with Crippen molar-refractivity contribution in [3.8, 4) is 0 Å². The van der Waals surface area contributed by atoms with Gasteiger partial charge in [0.25, 0.3) is 0 Å². The Kier molecular flexibility index (Phi) is 7.90. The van der Waals surface area contributed by atoms with Gasteiger partial charge in [0.05, 0.1) is 12.9 Å². The Labute approximate surface area is 196 Å². The van der Waals surface area contributed by atoms with Crippen LogP contribution in [0.1, 0.15) is 28.6 Å². The fourth-order valence-electron chi connectivity index (χ4n) is 4.08. The van der Waals surface area contributed by atoms with Crippen molar-refractivity contribution in [1.29, 1.82) is 0 Å². The molecule has 0 atom stereocenters. The van der Waals surface area contributed by atoms with Gasteiger partial charge in [-0.1, -0.05) is 54.6 Å². The van der Waals surface area contributed by atoms with Crippen LogP contribution >= 0.6 is 7.26 Å². The molecule has 32 heavy (non-hydrogen) atoms. The molecule has 0 N–H and O–H groups in total. The van der Waals surface area contributed by atoms with Crippen molar-refractivity contribution in [2.24, 2.45) is 0 Å². The van der Waals surface area contributed by atoms with Crippen molar-refractivity contribution in [2.45, 2.75) is 20.0 Å². The van der Waals surface area contributed by atoms with Crippen LogP contribution in [0.5, 0.6) is 0 Å². The highest BCUT2D eigenvalue weighted by molar-refractivity contribution is 7.95. The lowest BCUT2D eigenvalue weighted by atomic mass is 10.2. The first kappa shape index (κ1) is 23.8. The lowest BCUT2D eigenvalue weighted by Crippen LogP contribution is -3.00. The van der Waals surface area contributed by atoms with Crippen LogP contribution < -0.4 is 28.3 Å². The van der Waals surface area contributed by atoms with Gasteiger partial charge in [-0.3, -0.25) is 0 Å². The summed E-state index contributed by atoms with van der Waals surface area (Å²) >= 11 is 0. The van der Waals surface area contributed by atoms with Gasteiger partial charge in [-0.2, -0.15) is 0 Å². The number of carbonyl (C=O) groups excluding carboxylic acids is 1. The van der Waals surface area contributed by atoms with Gasteiger partial charge in [-0.25, -0.2) is 4.79 Å². The molecule has 4 aromatic rings. The highest BCUT2D eigenvalue weighted by Crippen LogP contribution is 2.58. The molecular formula is C27H26ClO3P. The van der Waals surface area contributed by atoms with E-state index in [1.165, 1.54) is 15.9 Å². The van der Waals surface area contributed by atoms with E-state index in [1.807, 2.05) is 32.0 Å². The summed E-state index contributed by atoms with van der Waals surface area (Å²) in [5.74, 6) is 0.358. The lowest BCUT2D eigenvalue weighted by Gasteiger charge is -2.27. The molecule has 0 bridgehead atoms. The molecule has 3 aromatic carbocycles. The quantitative estimate of drug-likeness (QED) is 0.311. The molecule has 0 saturated heterocycles. The van der Waals surface area contributed by atoms with E-state index >= 15 is 0 Å². The van der Waals surface area contributed by atoms with E-state index in [0.29, 0.717) is 24.1 Å². The van der Waals surface area contributed by atoms with Crippen molar-refractivity contribution in [3.63, 3.8) is 0 Å². The van der Waals surface area contributed by atoms with Crippen LogP contribution in [0.4, 0.5) is 0 Å². The van der Waals surface area contributed by atoms with Crippen LogP contribution in [0.2, 0.25) is 0 Å². The maximum atomic E-state index is 12.8. The zero-order chi connectivity index (χ0) is 21.7. The number of benzene rings is 3. The number of rotatable bonds is 7. The Morgan fingerprint density at radius 2 is 1.25 bits per heavy atom. The van der Waals surface area contributed by atoms with Crippen LogP contribution in [-0.4, -0.2) is 12.6 Å². The summed E-state index contributed by atoms with van der Waals surface area (Å²) in [4.78, 5) is 12.8. The fraction of sp³-hybridized carbons (Fsp3) is 0.148. The average molecular weight is 465 g/mol. The van der Waals surface area contributed by atoms with Gasteiger partial charge in [0.15, 0.2) is 5.76 Å². The minimum Gasteiger partial charge on any atom is -1.00 e. The molecule has 1 aromatic heterocycles. The second kappa shape index (κ2) is 10.6. The SMILES string of the molecule is CCOC(=O)c1c(C)coc1C[P+](c1ccccc1)(c1ccccc1)c1ccccc1.[Cl-]. The highest BCUT2D eigenvalue weighted by Gasteiger charge is 2.47. The Morgan fingerprint density at radius 1 is 0.812 bits per heavy atom. The number of hydrogen-bond acceptors (Lipinski definition) is 3. The first-order valence-corrected chi connectivity index (χ1v) is 12.4. The summed E-state index contributed by atoms with van der Waals surface area (Å²) < 4.78 is 11.4. The van der Waals surface area contributed by atoms with Gasteiger partial charge >= 0.3 is 5.97 Å². The van der Waals surface area contributed by atoms with Gasteiger partial charge in [-0.05, 0) is 50.2 Å². The second-order valence-electron chi connectivity index (χ2n) is 7.41. The zero-order valence-corrected chi connectivity index (χ0v) is 19.9. The van der Waals surface area contributed by atoms with E-state index in [4.69, 9.17) is 9.15 Å². The number of hydrogen-bond donors (Lipinski definition) is 0. The van der Waals surface area contributed by atoms with E-state index < -0.39 is 7.26 Å². The molecule has 3 nitrogen and oxygen atoms in total. The summed E-state index contributed by atoms with van der Waals surface area (Å²) in [6.07, 6.45) is 2.27. The van der Waals surface area contributed by atoms with E-state index in [9.17, 15) is 4.79 Å². The predicted octanol–water partition coefficient (Wildman–Crippen LogP) is 2.26. The van der Waals surface area contributed by atoms with Crippen molar-refractivity contribution < 1.29 is 26.4 Å². The molecule has 0 aliphatic carbocycles. The number of carbonyl (C=O) groups is 1. The van der Waals surface area contributed by atoms with Gasteiger partial charge in [0.1, 0.15) is 34.9 Å². The van der Waals surface area contributed by atoms with Gasteiger partial charge in [-0.15, -0.1) is 0 Å². The predicted molar refractivity (Wildman–Crippen MR) is 128 cm³/mol. The average Bonchev–Trinajstić information content (AvgIpc) is 3.19. The van der Waals surface area contributed by atoms with E-state index in [1.54, 1.807) is 6.26 Å². The fourth-order valence-corrected chi connectivity index (χ4v) is 8.22. The maximum absolute atomic E-state index is 12.8. The van der Waals surface area contributed by atoms with Crippen molar-refractivity contribution in [1.82, 2.24) is 0 Å². The molecule has 0 radical (unpaired) electrons. The second-order valence-corrected chi connectivity index (χ2v) is 10.9. The topological polar surface area (TPSA) is 39.4 Å². The molecule has 5 heteroatoms. The molecule has 0 amide bonds. The third-order valence-electron chi connectivity index (χ3n) is 5.50. The normalized spacial score (nSPS) is 10.9. The van der Waals surface area contributed by atoms with E-state index in [2.05, 4.69) is 72.8 Å². The zero-order valence-electron chi connectivity index (χ0n) is 18.2. The Morgan fingerprint density at radius 3 is 1.66 bits per heavy atom. The minimum absolute atomic E-state index is 0. The van der Waals surface area contributed by atoms with Crippen LogP contribution in [-0.2, 0) is 10.9 Å². The smallest absolute Gasteiger partial charge is 0.342 e. The van der Waals surface area contributed by atoms with Crippen LogP contribution in [0, 0.1) is 6.92 Å². The lowest BCUT2D eigenvalue weighted by molar-refractivity contribution is -0.0000255. The Hall–Kier alpha value is -2.87.